The second kappa shape index (κ2) is 8.19. The molecule has 1 heterocycles. The smallest absolute Gasteiger partial charge is 0.264 e. The third-order valence-electron chi connectivity index (χ3n) is 5.75. The highest BCUT2D eigenvalue weighted by Gasteiger charge is 2.31. The van der Waals surface area contributed by atoms with Gasteiger partial charge in [0.25, 0.3) is 15.9 Å². The molecule has 0 radical (unpaired) electrons. The molecule has 31 heavy (non-hydrogen) atoms. The minimum atomic E-state index is -3.81. The van der Waals surface area contributed by atoms with Gasteiger partial charge in [0.1, 0.15) is 5.82 Å². The van der Waals surface area contributed by atoms with Crippen molar-refractivity contribution in [1.29, 1.82) is 0 Å². The van der Waals surface area contributed by atoms with Gasteiger partial charge in [-0.3, -0.25) is 9.10 Å². The van der Waals surface area contributed by atoms with E-state index in [0.29, 0.717) is 17.4 Å². The number of nitrogens with one attached hydrogen (secondary N) is 1. The first-order chi connectivity index (χ1) is 14.8. The zero-order valence-electron chi connectivity index (χ0n) is 17.8. The maximum atomic E-state index is 13.1. The fraction of sp³-hybridized carbons (Fsp3) is 0.304. The van der Waals surface area contributed by atoms with Crippen LogP contribution in [0.2, 0.25) is 0 Å². The number of aromatic nitrogens is 2. The minimum Gasteiger partial charge on any atom is -0.307 e. The second-order valence-electron chi connectivity index (χ2n) is 8.03. The molecule has 0 saturated heterocycles. The summed E-state index contributed by atoms with van der Waals surface area (Å²) >= 11 is 0. The lowest BCUT2D eigenvalue weighted by Crippen LogP contribution is -2.27. The SMILES string of the molecule is Cc1ccc(N(C)S(=O)(=O)c2cccc(C(=O)Nc3ccnn3C(C)C3CC3)c2)cc1. The summed E-state index contributed by atoms with van der Waals surface area (Å²) in [4.78, 5) is 12.9. The van der Waals surface area contributed by atoms with Gasteiger partial charge in [-0.1, -0.05) is 23.8 Å². The minimum absolute atomic E-state index is 0.0584. The number of carbonyl (C=O) groups excluding carboxylic acids is 1. The van der Waals surface area contributed by atoms with Crippen molar-refractivity contribution in [2.75, 3.05) is 16.7 Å². The molecule has 1 amide bonds. The van der Waals surface area contributed by atoms with Gasteiger partial charge in [0.15, 0.2) is 0 Å². The van der Waals surface area contributed by atoms with Crippen molar-refractivity contribution in [3.05, 3.63) is 71.9 Å². The maximum absolute atomic E-state index is 13.1. The normalized spacial score (nSPS) is 14.8. The van der Waals surface area contributed by atoms with E-state index >= 15 is 0 Å². The van der Waals surface area contributed by atoms with E-state index in [1.807, 2.05) is 23.7 Å². The van der Waals surface area contributed by atoms with Gasteiger partial charge >= 0.3 is 0 Å². The van der Waals surface area contributed by atoms with Gasteiger partial charge in [-0.15, -0.1) is 0 Å². The molecule has 1 aromatic heterocycles. The topological polar surface area (TPSA) is 84.3 Å². The Hall–Kier alpha value is -3.13. The summed E-state index contributed by atoms with van der Waals surface area (Å²) in [6, 6.07) is 15.3. The molecule has 1 aliphatic rings. The summed E-state index contributed by atoms with van der Waals surface area (Å²) in [5.41, 5.74) is 1.87. The van der Waals surface area contributed by atoms with E-state index in [4.69, 9.17) is 0 Å². The molecule has 1 fully saturated rings. The zero-order chi connectivity index (χ0) is 22.2. The highest BCUT2D eigenvalue weighted by Crippen LogP contribution is 2.40. The molecule has 1 atom stereocenters. The number of hydrogen-bond donors (Lipinski definition) is 1. The van der Waals surface area contributed by atoms with Crippen molar-refractivity contribution in [3.8, 4) is 0 Å². The Labute approximate surface area is 182 Å². The molecule has 3 aromatic rings. The monoisotopic (exact) mass is 438 g/mol. The summed E-state index contributed by atoms with van der Waals surface area (Å²) in [7, 11) is -2.31. The molecule has 8 heteroatoms. The van der Waals surface area contributed by atoms with Crippen LogP contribution in [0.4, 0.5) is 11.5 Å². The Morgan fingerprint density at radius 2 is 1.87 bits per heavy atom. The third kappa shape index (κ3) is 4.34. The molecular weight excluding hydrogens is 412 g/mol. The number of amides is 1. The summed E-state index contributed by atoms with van der Waals surface area (Å²) in [5.74, 6) is 0.815. The van der Waals surface area contributed by atoms with E-state index < -0.39 is 10.0 Å². The molecule has 1 saturated carbocycles. The number of anilines is 2. The predicted molar refractivity (Wildman–Crippen MR) is 121 cm³/mol. The van der Waals surface area contributed by atoms with Crippen LogP contribution in [0.1, 0.15) is 41.7 Å². The molecule has 1 aliphatic carbocycles. The number of aryl methyl sites for hydroxylation is 1. The van der Waals surface area contributed by atoms with Crippen LogP contribution in [0.25, 0.3) is 0 Å². The van der Waals surface area contributed by atoms with E-state index in [0.717, 1.165) is 5.56 Å². The van der Waals surface area contributed by atoms with Crippen LogP contribution in [0.5, 0.6) is 0 Å². The van der Waals surface area contributed by atoms with Crippen LogP contribution in [-0.4, -0.2) is 31.2 Å². The fourth-order valence-corrected chi connectivity index (χ4v) is 4.80. The van der Waals surface area contributed by atoms with Gasteiger partial charge in [-0.2, -0.15) is 5.10 Å². The lowest BCUT2D eigenvalue weighted by atomic mass is 10.2. The standard InChI is InChI=1S/C23H26N4O3S/c1-16-7-11-20(12-8-16)26(3)31(29,30)21-6-4-5-19(15-21)23(28)25-22-13-14-24-27(22)17(2)18-9-10-18/h4-8,11-15,17-18H,9-10H2,1-3H3,(H,25,28). The number of carbonyl (C=O) groups is 1. The van der Waals surface area contributed by atoms with Crippen LogP contribution in [0.15, 0.2) is 65.7 Å². The lowest BCUT2D eigenvalue weighted by molar-refractivity contribution is 0.102. The molecule has 1 N–H and O–H groups in total. The van der Waals surface area contributed by atoms with Crippen LogP contribution in [0.3, 0.4) is 0 Å². The number of rotatable bonds is 7. The number of hydrogen-bond acceptors (Lipinski definition) is 4. The van der Waals surface area contributed by atoms with Gasteiger partial charge in [0.2, 0.25) is 0 Å². The highest BCUT2D eigenvalue weighted by atomic mass is 32.2. The Morgan fingerprint density at radius 1 is 1.16 bits per heavy atom. The Balaban J connectivity index is 1.56. The van der Waals surface area contributed by atoms with Gasteiger partial charge < -0.3 is 5.32 Å². The van der Waals surface area contributed by atoms with Gasteiger partial charge in [0, 0.05) is 18.7 Å². The maximum Gasteiger partial charge on any atom is 0.264 e. The van der Waals surface area contributed by atoms with E-state index in [-0.39, 0.29) is 22.4 Å². The summed E-state index contributed by atoms with van der Waals surface area (Å²) in [5, 5.41) is 7.21. The van der Waals surface area contributed by atoms with Gasteiger partial charge in [0.05, 0.1) is 22.8 Å². The van der Waals surface area contributed by atoms with E-state index in [1.54, 1.807) is 36.5 Å². The average Bonchev–Trinajstić information content (AvgIpc) is 3.52. The Kier molecular flexibility index (Phi) is 5.58. The van der Waals surface area contributed by atoms with Crippen LogP contribution < -0.4 is 9.62 Å². The van der Waals surface area contributed by atoms with Crippen LogP contribution in [-0.2, 0) is 10.0 Å². The summed E-state index contributed by atoms with van der Waals surface area (Å²) < 4.78 is 29.3. The average molecular weight is 439 g/mol. The van der Waals surface area contributed by atoms with Crippen molar-refractivity contribution in [3.63, 3.8) is 0 Å². The molecule has 162 valence electrons. The molecule has 4 rings (SSSR count). The Bertz CT molecular complexity index is 1200. The molecular formula is C23H26N4O3S. The van der Waals surface area contributed by atoms with E-state index in [2.05, 4.69) is 17.3 Å². The van der Waals surface area contributed by atoms with Crippen molar-refractivity contribution < 1.29 is 13.2 Å². The highest BCUT2D eigenvalue weighted by molar-refractivity contribution is 7.92. The molecule has 0 spiro atoms. The van der Waals surface area contributed by atoms with E-state index in [9.17, 15) is 13.2 Å². The summed E-state index contributed by atoms with van der Waals surface area (Å²) in [6.07, 6.45) is 4.00. The fourth-order valence-electron chi connectivity index (χ4n) is 3.55. The quantitative estimate of drug-likeness (QED) is 0.598. The van der Waals surface area contributed by atoms with Gasteiger partial charge in [-0.25, -0.2) is 13.1 Å². The number of nitrogens with zero attached hydrogens (tertiary/aromatic N) is 3. The molecule has 0 aliphatic heterocycles. The molecule has 1 unspecified atom stereocenters. The largest absolute Gasteiger partial charge is 0.307 e. The predicted octanol–water partition coefficient (Wildman–Crippen LogP) is 4.24. The van der Waals surface area contributed by atoms with Crippen molar-refractivity contribution in [2.24, 2.45) is 5.92 Å². The lowest BCUT2D eigenvalue weighted by Gasteiger charge is -2.20. The third-order valence-corrected chi connectivity index (χ3v) is 7.54. The number of benzene rings is 2. The zero-order valence-corrected chi connectivity index (χ0v) is 18.6. The van der Waals surface area contributed by atoms with Gasteiger partial charge in [-0.05, 0) is 62.9 Å². The molecule has 7 nitrogen and oxygen atoms in total. The van der Waals surface area contributed by atoms with Crippen LogP contribution >= 0.6 is 0 Å². The van der Waals surface area contributed by atoms with Crippen molar-refractivity contribution in [2.45, 2.75) is 37.6 Å². The first-order valence-electron chi connectivity index (χ1n) is 10.3. The summed E-state index contributed by atoms with van der Waals surface area (Å²) in [6.45, 7) is 4.03. The molecule has 2 aromatic carbocycles. The molecule has 0 bridgehead atoms. The number of sulfonamides is 1. The van der Waals surface area contributed by atoms with Crippen molar-refractivity contribution in [1.82, 2.24) is 9.78 Å². The second-order valence-corrected chi connectivity index (χ2v) is 10.00. The first-order valence-corrected chi connectivity index (χ1v) is 11.7. The Morgan fingerprint density at radius 3 is 2.55 bits per heavy atom. The van der Waals surface area contributed by atoms with Crippen LogP contribution in [0, 0.1) is 12.8 Å². The van der Waals surface area contributed by atoms with Crippen molar-refractivity contribution >= 4 is 27.4 Å². The first kappa shape index (κ1) is 21.1. The van der Waals surface area contributed by atoms with E-state index in [1.165, 1.54) is 36.3 Å².